The van der Waals surface area contributed by atoms with Crippen molar-refractivity contribution in [3.05, 3.63) is 78.4 Å². The number of nitrogens with zero attached hydrogens (tertiary/aromatic N) is 5. The Kier molecular flexibility index (Phi) is 9.11. The van der Waals surface area contributed by atoms with Crippen molar-refractivity contribution < 1.29 is 14.3 Å². The second-order valence-corrected chi connectivity index (χ2v) is 12.5. The number of nitriles is 1. The van der Waals surface area contributed by atoms with E-state index >= 15 is 0 Å². The molecule has 0 aliphatic carbocycles. The van der Waals surface area contributed by atoms with Crippen molar-refractivity contribution in [3.63, 3.8) is 0 Å². The average molecular weight is 692 g/mol. The fraction of sp³-hybridized carbons (Fsp3) is 0.290. The van der Waals surface area contributed by atoms with Crippen molar-refractivity contribution in [2.24, 2.45) is 5.92 Å². The number of aromatic nitrogens is 2. The summed E-state index contributed by atoms with van der Waals surface area (Å²) in [5, 5.41) is 23.3. The Morgan fingerprint density at radius 3 is 2.47 bits per heavy atom. The molecule has 2 N–H and O–H groups in total. The highest BCUT2D eigenvalue weighted by molar-refractivity contribution is 6.46. The number of pyridine rings is 2. The van der Waals surface area contributed by atoms with Crippen molar-refractivity contribution in [2.45, 2.75) is 26.8 Å². The van der Waals surface area contributed by atoms with Gasteiger partial charge in [0.15, 0.2) is 5.82 Å². The van der Waals surface area contributed by atoms with Gasteiger partial charge < -0.3 is 20.2 Å². The first-order valence-electron chi connectivity index (χ1n) is 13.9. The van der Waals surface area contributed by atoms with Crippen LogP contribution in [0.5, 0.6) is 5.75 Å². The van der Waals surface area contributed by atoms with Gasteiger partial charge in [-0.15, -0.1) is 0 Å². The first-order valence-corrected chi connectivity index (χ1v) is 15.4. The van der Waals surface area contributed by atoms with Crippen molar-refractivity contribution in [3.8, 4) is 23.1 Å². The largest absolute Gasteiger partial charge is 0.506 e. The Hall–Kier alpha value is -3.75. The van der Waals surface area contributed by atoms with Gasteiger partial charge >= 0.3 is 0 Å². The molecule has 2 aliphatic heterocycles. The van der Waals surface area contributed by atoms with E-state index in [1.807, 2.05) is 25.7 Å². The molecule has 0 spiro atoms. The van der Waals surface area contributed by atoms with Crippen LogP contribution in [0.25, 0.3) is 28.0 Å². The normalized spacial score (nSPS) is 16.8. The van der Waals surface area contributed by atoms with Crippen LogP contribution < -0.4 is 15.8 Å². The summed E-state index contributed by atoms with van der Waals surface area (Å²) in [7, 11) is 0. The second-order valence-electron chi connectivity index (χ2n) is 11.0. The van der Waals surface area contributed by atoms with Gasteiger partial charge in [0.1, 0.15) is 28.1 Å². The molecular formula is C31H27Cl4FN6O3. The summed E-state index contributed by atoms with van der Waals surface area (Å²) in [4.78, 5) is 34.9. The van der Waals surface area contributed by atoms with Gasteiger partial charge in [0.2, 0.25) is 5.91 Å². The zero-order valence-corrected chi connectivity index (χ0v) is 27.4. The fourth-order valence-electron chi connectivity index (χ4n) is 5.72. The minimum absolute atomic E-state index is 0.00232. The molecule has 2 aromatic heterocycles. The second kappa shape index (κ2) is 12.6. The topological polar surface area (TPSA) is 114 Å². The van der Waals surface area contributed by atoms with E-state index in [1.165, 1.54) is 16.7 Å². The third kappa shape index (κ3) is 5.42. The van der Waals surface area contributed by atoms with Gasteiger partial charge in [0, 0.05) is 31.6 Å². The molecular weight excluding hydrogens is 665 g/mol. The maximum absolute atomic E-state index is 14.6. The van der Waals surface area contributed by atoms with Crippen LogP contribution in [0.4, 0.5) is 10.1 Å². The SMILES string of the molecule is C=CC(=O)N1CCN(c2c(C#N)c(=O)n(C3=C(C)C=CNC3C(C)C)c3nc(-c4c(O)c(Cl)c(F)c(Cl)c4Cl)c(Cl)cc23)CC1. The lowest BCUT2D eigenvalue weighted by Crippen LogP contribution is -2.49. The summed E-state index contributed by atoms with van der Waals surface area (Å²) >= 11 is 25.4. The van der Waals surface area contributed by atoms with Gasteiger partial charge in [0.25, 0.3) is 5.56 Å². The Labute approximate surface area is 278 Å². The number of dihydropyridines is 1. The number of nitrogens with one attached hydrogen (secondary N) is 1. The van der Waals surface area contributed by atoms with Crippen molar-refractivity contribution in [1.82, 2.24) is 19.8 Å². The molecule has 3 aromatic rings. The predicted molar refractivity (Wildman–Crippen MR) is 177 cm³/mol. The van der Waals surface area contributed by atoms with E-state index in [1.54, 1.807) is 17.2 Å². The predicted octanol–water partition coefficient (Wildman–Crippen LogP) is 6.60. The van der Waals surface area contributed by atoms with E-state index in [-0.39, 0.29) is 50.4 Å². The van der Waals surface area contributed by atoms with E-state index in [0.29, 0.717) is 42.9 Å². The zero-order chi connectivity index (χ0) is 32.9. The van der Waals surface area contributed by atoms with Gasteiger partial charge in [-0.2, -0.15) is 5.26 Å². The third-order valence-corrected chi connectivity index (χ3v) is 9.43. The number of phenolic OH excluding ortho intramolecular Hbond substituents is 1. The lowest BCUT2D eigenvalue weighted by molar-refractivity contribution is -0.126. The number of rotatable bonds is 5. The number of phenols is 1. The highest BCUT2D eigenvalue weighted by atomic mass is 35.5. The van der Waals surface area contributed by atoms with E-state index in [0.717, 1.165) is 5.57 Å². The number of benzene rings is 1. The standard InChI is InChI=1S/C31H27Cl4FN6O3/c1-5-19(43)40-8-10-41(11-9-40)28-16-12-18(32)26(20-21(33)22(34)24(36)23(35)29(20)44)39-30(16)42(31(45)17(28)13-37)27-15(4)6-7-38-25(27)14(2)3/h5-7,12,14,25,38,44H,1,8-11H2,2-4H3. The Morgan fingerprint density at radius 1 is 1.20 bits per heavy atom. The maximum Gasteiger partial charge on any atom is 0.276 e. The van der Waals surface area contributed by atoms with Gasteiger partial charge in [-0.1, -0.05) is 66.8 Å². The van der Waals surface area contributed by atoms with E-state index < -0.39 is 27.2 Å². The molecule has 9 nitrogen and oxygen atoms in total. The first-order chi connectivity index (χ1) is 21.3. The van der Waals surface area contributed by atoms with E-state index in [2.05, 4.69) is 18.0 Å². The lowest BCUT2D eigenvalue weighted by Gasteiger charge is -2.37. The maximum atomic E-state index is 14.6. The molecule has 0 radical (unpaired) electrons. The highest BCUT2D eigenvalue weighted by Gasteiger charge is 2.33. The smallest absolute Gasteiger partial charge is 0.276 e. The number of hydrogen-bond donors (Lipinski definition) is 2. The molecule has 45 heavy (non-hydrogen) atoms. The van der Waals surface area contributed by atoms with Crippen molar-refractivity contribution in [1.29, 1.82) is 5.26 Å². The molecule has 4 heterocycles. The number of amides is 1. The van der Waals surface area contributed by atoms with Crippen LogP contribution in [0.1, 0.15) is 26.3 Å². The molecule has 2 aliphatic rings. The zero-order valence-electron chi connectivity index (χ0n) is 24.4. The highest BCUT2D eigenvalue weighted by Crippen LogP contribution is 2.49. The summed E-state index contributed by atoms with van der Waals surface area (Å²) in [5.74, 6) is -2.07. The van der Waals surface area contributed by atoms with E-state index in [9.17, 15) is 24.3 Å². The number of carbonyl (C=O) groups is 1. The van der Waals surface area contributed by atoms with Crippen molar-refractivity contribution in [2.75, 3.05) is 31.1 Å². The van der Waals surface area contributed by atoms with Crippen LogP contribution in [-0.4, -0.2) is 57.7 Å². The van der Waals surface area contributed by atoms with Gasteiger partial charge in [0.05, 0.1) is 43.8 Å². The molecule has 1 fully saturated rings. The monoisotopic (exact) mass is 690 g/mol. The van der Waals surface area contributed by atoms with Crippen LogP contribution in [0.15, 0.2) is 41.4 Å². The summed E-state index contributed by atoms with van der Waals surface area (Å²) in [6, 6.07) is 3.26. The Bertz CT molecular complexity index is 1910. The molecule has 1 aromatic carbocycles. The lowest BCUT2D eigenvalue weighted by atomic mass is 9.94. The summed E-state index contributed by atoms with van der Waals surface area (Å²) in [6.45, 7) is 10.6. The summed E-state index contributed by atoms with van der Waals surface area (Å²) < 4.78 is 15.9. The average Bonchev–Trinajstić information content (AvgIpc) is 3.02. The van der Waals surface area contributed by atoms with E-state index in [4.69, 9.17) is 51.4 Å². The quantitative estimate of drug-likeness (QED) is 0.176. The molecule has 234 valence electrons. The van der Waals surface area contributed by atoms with Crippen LogP contribution >= 0.6 is 46.4 Å². The molecule has 5 rings (SSSR count). The summed E-state index contributed by atoms with van der Waals surface area (Å²) in [6.07, 6.45) is 4.83. The third-order valence-electron chi connectivity index (χ3n) is 7.96. The van der Waals surface area contributed by atoms with Gasteiger partial charge in [-0.05, 0) is 42.8 Å². The fourth-order valence-corrected chi connectivity index (χ4v) is 6.66. The minimum atomic E-state index is -1.12. The number of allylic oxidation sites excluding steroid dienone is 2. The van der Waals surface area contributed by atoms with Gasteiger partial charge in [-0.3, -0.25) is 14.2 Å². The number of piperazine rings is 1. The summed E-state index contributed by atoms with van der Waals surface area (Å²) in [5.41, 5.74) is 0.588. The number of halogens is 5. The van der Waals surface area contributed by atoms with Crippen LogP contribution in [-0.2, 0) is 4.79 Å². The molecule has 0 saturated carbocycles. The van der Waals surface area contributed by atoms with Gasteiger partial charge in [-0.25, -0.2) is 9.37 Å². The Morgan fingerprint density at radius 2 is 1.87 bits per heavy atom. The molecule has 0 bridgehead atoms. The Balaban J connectivity index is 1.90. The number of carbonyl (C=O) groups excluding carboxylic acids is 1. The number of hydrogen-bond acceptors (Lipinski definition) is 7. The molecule has 1 unspecified atom stereocenters. The molecule has 14 heteroatoms. The first kappa shape index (κ1) is 32.6. The number of fused-ring (bicyclic) bond motifs is 1. The minimum Gasteiger partial charge on any atom is -0.506 e. The molecule has 1 saturated heterocycles. The van der Waals surface area contributed by atoms with Crippen LogP contribution in [0.2, 0.25) is 20.1 Å². The number of aromatic hydroxyl groups is 1. The van der Waals surface area contributed by atoms with Crippen LogP contribution in [0.3, 0.4) is 0 Å². The number of anilines is 1. The van der Waals surface area contributed by atoms with Crippen molar-refractivity contribution >= 4 is 74.7 Å². The van der Waals surface area contributed by atoms with Crippen LogP contribution in [0, 0.1) is 23.1 Å². The molecule has 1 amide bonds. The molecule has 1 atom stereocenters.